The fraction of sp³-hybridized carbons (Fsp3) is 0.261. The van der Waals surface area contributed by atoms with Gasteiger partial charge in [0.05, 0.1) is 41.5 Å². The molecule has 2 heterocycles. The molecule has 1 aliphatic carbocycles. The van der Waals surface area contributed by atoms with E-state index in [1.165, 1.54) is 0 Å². The normalized spacial score (nSPS) is 15.9. The molecule has 30 heavy (non-hydrogen) atoms. The number of carbonyl (C=O) groups excluding carboxylic acids is 2. The first-order valence-corrected chi connectivity index (χ1v) is 9.63. The van der Waals surface area contributed by atoms with Crippen LogP contribution in [0.25, 0.3) is 27.2 Å². The van der Waals surface area contributed by atoms with Crippen molar-refractivity contribution < 1.29 is 14.3 Å². The average molecular weight is 424 g/mol. The van der Waals surface area contributed by atoms with Crippen LogP contribution in [0.4, 0.5) is 0 Å². The van der Waals surface area contributed by atoms with E-state index in [2.05, 4.69) is 4.98 Å². The van der Waals surface area contributed by atoms with E-state index in [4.69, 9.17) is 4.74 Å². The number of hydrogen-bond acceptors (Lipinski definition) is 5. The molecule has 0 spiro atoms. The van der Waals surface area contributed by atoms with Crippen molar-refractivity contribution in [3.63, 3.8) is 0 Å². The van der Waals surface area contributed by atoms with Crippen LogP contribution < -0.4 is 4.74 Å². The molecule has 4 aromatic rings. The molecule has 5 rings (SSSR count). The third kappa shape index (κ3) is 2.71. The highest BCUT2D eigenvalue weighted by atomic mass is 35.5. The van der Waals surface area contributed by atoms with E-state index in [9.17, 15) is 9.59 Å². The molecule has 7 heteroatoms. The topological polar surface area (TPSA) is 63.9 Å². The summed E-state index contributed by atoms with van der Waals surface area (Å²) in [7, 11) is 5.50. The minimum absolute atomic E-state index is 0. The highest BCUT2D eigenvalue weighted by Crippen LogP contribution is 2.43. The summed E-state index contributed by atoms with van der Waals surface area (Å²) in [5.41, 5.74) is 2.53. The molecule has 0 N–H and O–H groups in total. The van der Waals surface area contributed by atoms with Gasteiger partial charge in [-0.05, 0) is 43.9 Å². The van der Waals surface area contributed by atoms with E-state index in [1.807, 2.05) is 53.7 Å². The zero-order valence-electron chi connectivity index (χ0n) is 17.0. The lowest BCUT2D eigenvalue weighted by Gasteiger charge is -2.22. The Balaban J connectivity index is 0.00000218. The number of nitrogens with zero attached hydrogens (tertiary/aromatic N) is 3. The third-order valence-corrected chi connectivity index (χ3v) is 5.83. The molecule has 0 saturated carbocycles. The number of hydrogen-bond donors (Lipinski definition) is 0. The van der Waals surface area contributed by atoms with Crippen LogP contribution in [0.1, 0.15) is 27.1 Å². The molecule has 0 radical (unpaired) electrons. The predicted octanol–water partition coefficient (Wildman–Crippen LogP) is 4.02. The van der Waals surface area contributed by atoms with Gasteiger partial charge in [0.2, 0.25) is 0 Å². The van der Waals surface area contributed by atoms with Gasteiger partial charge in [0, 0.05) is 11.6 Å². The van der Waals surface area contributed by atoms with Crippen LogP contribution in [0.5, 0.6) is 5.75 Å². The third-order valence-electron chi connectivity index (χ3n) is 5.83. The molecule has 2 aromatic carbocycles. The van der Waals surface area contributed by atoms with E-state index in [0.29, 0.717) is 35.4 Å². The Hall–Kier alpha value is -2.96. The molecular formula is C23H22ClN3O3. The minimum Gasteiger partial charge on any atom is -0.495 e. The summed E-state index contributed by atoms with van der Waals surface area (Å²) in [6.45, 7) is 0.663. The number of ketones is 2. The number of Topliss-reactive ketones (excluding diaryl/α,β-unsaturated/α-hetero) is 2. The quantitative estimate of drug-likeness (QED) is 0.464. The second-order valence-corrected chi connectivity index (χ2v) is 7.80. The van der Waals surface area contributed by atoms with Gasteiger partial charge >= 0.3 is 0 Å². The maximum absolute atomic E-state index is 13.6. The van der Waals surface area contributed by atoms with E-state index in [0.717, 1.165) is 21.7 Å². The number of fused-ring (bicyclic) bond motifs is 5. The van der Waals surface area contributed by atoms with Gasteiger partial charge < -0.3 is 9.64 Å². The van der Waals surface area contributed by atoms with Crippen LogP contribution in [0.2, 0.25) is 0 Å². The fourth-order valence-corrected chi connectivity index (χ4v) is 4.48. The number of carbonyl (C=O) groups is 2. The van der Waals surface area contributed by atoms with Crippen LogP contribution in [0, 0.1) is 5.92 Å². The van der Waals surface area contributed by atoms with Crippen molar-refractivity contribution in [2.24, 2.45) is 5.92 Å². The standard InChI is InChI=1S/C23H21N3O3.ClH/c1-25(2)9-8-15-22(27)16-11-24-12-26-20(16)19(23(15)28)18-14-7-5-4-6-13(14)10-17(29-3)21(18)26;/h4-7,10-12,15H,8-9H2,1-3H3;1H. The van der Waals surface area contributed by atoms with Gasteiger partial charge in [-0.25, -0.2) is 4.98 Å². The molecule has 2 aromatic heterocycles. The minimum atomic E-state index is -0.687. The smallest absolute Gasteiger partial charge is 0.177 e. The monoisotopic (exact) mass is 423 g/mol. The van der Waals surface area contributed by atoms with Gasteiger partial charge in [0.25, 0.3) is 0 Å². The maximum Gasteiger partial charge on any atom is 0.177 e. The zero-order chi connectivity index (χ0) is 20.3. The van der Waals surface area contributed by atoms with Crippen molar-refractivity contribution in [1.29, 1.82) is 0 Å². The molecule has 0 bridgehead atoms. The molecule has 154 valence electrons. The largest absolute Gasteiger partial charge is 0.495 e. The fourth-order valence-electron chi connectivity index (χ4n) is 4.48. The highest BCUT2D eigenvalue weighted by molar-refractivity contribution is 6.33. The zero-order valence-corrected chi connectivity index (χ0v) is 17.8. The molecule has 6 nitrogen and oxygen atoms in total. The van der Waals surface area contributed by atoms with Gasteiger partial charge in [-0.1, -0.05) is 24.3 Å². The van der Waals surface area contributed by atoms with Crippen LogP contribution in [0.3, 0.4) is 0 Å². The van der Waals surface area contributed by atoms with Crippen molar-refractivity contribution in [3.05, 3.63) is 54.0 Å². The molecule has 0 saturated heterocycles. The number of ether oxygens (including phenoxy) is 1. The summed E-state index contributed by atoms with van der Waals surface area (Å²) in [5, 5.41) is 2.80. The van der Waals surface area contributed by atoms with E-state index in [-0.39, 0.29) is 24.0 Å². The summed E-state index contributed by atoms with van der Waals surface area (Å²) in [6, 6.07) is 9.91. The molecule has 1 atom stereocenters. The Labute approximate surface area is 179 Å². The lowest BCUT2D eigenvalue weighted by Crippen LogP contribution is -2.32. The first-order chi connectivity index (χ1) is 14.0. The van der Waals surface area contributed by atoms with Crippen molar-refractivity contribution in [2.75, 3.05) is 27.7 Å². The van der Waals surface area contributed by atoms with Gasteiger partial charge in [0.15, 0.2) is 11.6 Å². The SMILES string of the molecule is COc1cc2ccccc2c2c3c4c(cncn4c12)C(=O)C(CCN(C)C)C3=O.Cl. The molecule has 1 aliphatic rings. The number of aromatic nitrogens is 2. The number of benzene rings is 2. The molecule has 0 aliphatic heterocycles. The van der Waals surface area contributed by atoms with Crippen molar-refractivity contribution in [1.82, 2.24) is 14.3 Å². The predicted molar refractivity (Wildman–Crippen MR) is 119 cm³/mol. The van der Waals surface area contributed by atoms with Gasteiger partial charge in [0.1, 0.15) is 5.75 Å². The molecule has 1 unspecified atom stereocenters. The molecule has 0 amide bonds. The number of rotatable bonds is 4. The summed E-state index contributed by atoms with van der Waals surface area (Å²) in [5.74, 6) is -0.283. The first kappa shape index (κ1) is 20.3. The Morgan fingerprint density at radius 2 is 1.90 bits per heavy atom. The Kier molecular flexibility index (Phi) is 5.00. The van der Waals surface area contributed by atoms with E-state index >= 15 is 0 Å². The summed E-state index contributed by atoms with van der Waals surface area (Å²) in [6.07, 6.45) is 3.73. The summed E-state index contributed by atoms with van der Waals surface area (Å²) in [4.78, 5) is 33.1. The lowest BCUT2D eigenvalue weighted by molar-refractivity contribution is 0.0788. The van der Waals surface area contributed by atoms with Gasteiger partial charge in [-0.3, -0.25) is 14.0 Å². The number of halogens is 1. The summed E-state index contributed by atoms with van der Waals surface area (Å²) < 4.78 is 7.51. The van der Waals surface area contributed by atoms with Crippen LogP contribution in [-0.2, 0) is 0 Å². The van der Waals surface area contributed by atoms with E-state index in [1.54, 1.807) is 19.6 Å². The average Bonchev–Trinajstić information content (AvgIpc) is 3.08. The first-order valence-electron chi connectivity index (χ1n) is 9.63. The second-order valence-electron chi connectivity index (χ2n) is 7.80. The maximum atomic E-state index is 13.6. The lowest BCUT2D eigenvalue weighted by atomic mass is 9.81. The van der Waals surface area contributed by atoms with Gasteiger partial charge in [-0.15, -0.1) is 12.4 Å². The number of methoxy groups -OCH3 is 1. The molecule has 0 fully saturated rings. The van der Waals surface area contributed by atoms with Gasteiger partial charge in [-0.2, -0.15) is 0 Å². The Morgan fingerprint density at radius 1 is 1.13 bits per heavy atom. The van der Waals surface area contributed by atoms with Crippen molar-refractivity contribution in [3.8, 4) is 5.75 Å². The van der Waals surface area contributed by atoms with Crippen molar-refractivity contribution >= 4 is 51.2 Å². The molecular weight excluding hydrogens is 402 g/mol. The Bertz CT molecular complexity index is 1330. The second kappa shape index (κ2) is 7.38. The summed E-state index contributed by atoms with van der Waals surface area (Å²) >= 11 is 0. The van der Waals surface area contributed by atoms with Crippen LogP contribution >= 0.6 is 12.4 Å². The highest BCUT2D eigenvalue weighted by Gasteiger charge is 2.39. The van der Waals surface area contributed by atoms with Crippen molar-refractivity contribution in [2.45, 2.75) is 6.42 Å². The van der Waals surface area contributed by atoms with Crippen LogP contribution in [-0.4, -0.2) is 53.6 Å². The van der Waals surface area contributed by atoms with E-state index < -0.39 is 5.92 Å². The Morgan fingerprint density at radius 3 is 2.63 bits per heavy atom. The van der Waals surface area contributed by atoms with Crippen LogP contribution in [0.15, 0.2) is 42.9 Å².